The van der Waals surface area contributed by atoms with E-state index in [-0.39, 0.29) is 16.8 Å². The van der Waals surface area contributed by atoms with Gasteiger partial charge >= 0.3 is 0 Å². The lowest BCUT2D eigenvalue weighted by Gasteiger charge is -2.33. The number of carbonyl (C=O) groups is 1. The Morgan fingerprint density at radius 3 is 2.83 bits per heavy atom. The summed E-state index contributed by atoms with van der Waals surface area (Å²) in [5.41, 5.74) is 2.58. The number of piperidine rings is 1. The van der Waals surface area contributed by atoms with E-state index in [1.54, 1.807) is 35.6 Å². The number of H-pyrrole nitrogens is 1. The number of hydrogen-bond acceptors (Lipinski definition) is 5. The van der Waals surface area contributed by atoms with Crippen molar-refractivity contribution in [3.05, 3.63) is 55.1 Å². The summed E-state index contributed by atoms with van der Waals surface area (Å²) in [5, 5.41) is 0.986. The summed E-state index contributed by atoms with van der Waals surface area (Å²) in [5.74, 6) is -0.873. The van der Waals surface area contributed by atoms with Gasteiger partial charge < -0.3 is 14.5 Å². The Morgan fingerprint density at radius 1 is 1.17 bits per heavy atom. The van der Waals surface area contributed by atoms with Crippen LogP contribution in [0.5, 0.6) is 0 Å². The molecule has 1 fully saturated rings. The van der Waals surface area contributed by atoms with E-state index in [0.29, 0.717) is 13.1 Å². The molecule has 8 nitrogen and oxygen atoms in total. The number of sulfone groups is 1. The Kier molecular flexibility index (Phi) is 4.54. The molecule has 1 aromatic carbocycles. The Labute approximate surface area is 173 Å². The Bertz CT molecular complexity index is 1330. The van der Waals surface area contributed by atoms with E-state index in [1.165, 1.54) is 12.1 Å². The fraction of sp³-hybridized carbons (Fsp3) is 0.286. The van der Waals surface area contributed by atoms with E-state index in [4.69, 9.17) is 0 Å². The summed E-state index contributed by atoms with van der Waals surface area (Å²) in [4.78, 5) is 26.7. The molecule has 0 bridgehead atoms. The number of aromatic amines is 1. The maximum Gasteiger partial charge on any atom is 0.238 e. The molecule has 30 heavy (non-hydrogen) atoms. The molecule has 0 spiro atoms. The van der Waals surface area contributed by atoms with Gasteiger partial charge in [0, 0.05) is 24.7 Å². The molecule has 9 heteroatoms. The van der Waals surface area contributed by atoms with Gasteiger partial charge in [0.05, 0.1) is 29.0 Å². The second kappa shape index (κ2) is 7.24. The first-order chi connectivity index (χ1) is 14.5. The van der Waals surface area contributed by atoms with Crippen molar-refractivity contribution >= 4 is 37.8 Å². The molecule has 1 amide bonds. The molecule has 4 heterocycles. The lowest BCUT2D eigenvalue weighted by molar-refractivity contribution is -0.130. The predicted molar refractivity (Wildman–Crippen MR) is 113 cm³/mol. The van der Waals surface area contributed by atoms with Gasteiger partial charge in [0.1, 0.15) is 16.9 Å². The van der Waals surface area contributed by atoms with Crippen molar-refractivity contribution in [2.24, 2.45) is 0 Å². The summed E-state index contributed by atoms with van der Waals surface area (Å²) in [6.45, 7) is 1.02. The third-order valence-corrected chi connectivity index (χ3v) is 7.29. The number of rotatable bonds is 4. The number of pyridine rings is 1. The van der Waals surface area contributed by atoms with E-state index in [9.17, 15) is 13.2 Å². The predicted octanol–water partition coefficient (Wildman–Crippen LogP) is 2.55. The van der Waals surface area contributed by atoms with Crippen molar-refractivity contribution in [2.45, 2.75) is 23.8 Å². The minimum atomic E-state index is -3.66. The maximum atomic E-state index is 12.8. The molecule has 3 aromatic heterocycles. The highest BCUT2D eigenvalue weighted by Crippen LogP contribution is 2.29. The van der Waals surface area contributed by atoms with E-state index < -0.39 is 15.6 Å². The first-order valence-corrected chi connectivity index (χ1v) is 11.5. The smallest absolute Gasteiger partial charge is 0.238 e. The zero-order chi connectivity index (χ0) is 20.7. The summed E-state index contributed by atoms with van der Waals surface area (Å²) >= 11 is 0. The largest absolute Gasteiger partial charge is 0.346 e. The molecular formula is C21H21N5O3S. The number of carbonyl (C=O) groups excluding carboxylic acids is 1. The maximum absolute atomic E-state index is 12.8. The van der Waals surface area contributed by atoms with Crippen LogP contribution in [-0.4, -0.2) is 57.6 Å². The molecule has 154 valence electrons. The molecule has 1 N–H and O–H groups in total. The summed E-state index contributed by atoms with van der Waals surface area (Å²) in [7, 11) is -3.66. The SMILES string of the molecule is O=C(CS(=O)(=O)c1ccccc1)N1CCC[C@@H](n2cnc3cnc4[nH]ccc4c32)C1. The fourth-order valence-corrected chi connectivity index (χ4v) is 5.43. The molecule has 0 unspecified atom stereocenters. The second-order valence-corrected chi connectivity index (χ2v) is 9.58. The Hall–Kier alpha value is -3.20. The lowest BCUT2D eigenvalue weighted by atomic mass is 10.1. The van der Waals surface area contributed by atoms with Crippen LogP contribution in [0, 0.1) is 0 Å². The first-order valence-electron chi connectivity index (χ1n) is 9.87. The molecule has 4 aromatic rings. The van der Waals surface area contributed by atoms with Crippen LogP contribution in [0.2, 0.25) is 0 Å². The number of nitrogens with zero attached hydrogens (tertiary/aromatic N) is 4. The second-order valence-electron chi connectivity index (χ2n) is 7.59. The number of amides is 1. The number of nitrogens with one attached hydrogen (secondary N) is 1. The molecular weight excluding hydrogens is 402 g/mol. The van der Waals surface area contributed by atoms with Gasteiger partial charge in [-0.3, -0.25) is 4.79 Å². The van der Waals surface area contributed by atoms with E-state index in [2.05, 4.69) is 19.5 Å². The highest BCUT2D eigenvalue weighted by atomic mass is 32.2. The van der Waals surface area contributed by atoms with Crippen molar-refractivity contribution in [1.29, 1.82) is 0 Å². The van der Waals surface area contributed by atoms with Crippen molar-refractivity contribution < 1.29 is 13.2 Å². The quantitative estimate of drug-likeness (QED) is 0.544. The number of benzene rings is 1. The van der Waals surface area contributed by atoms with E-state index in [1.807, 2.05) is 12.3 Å². The van der Waals surface area contributed by atoms with Crippen molar-refractivity contribution in [1.82, 2.24) is 24.4 Å². The van der Waals surface area contributed by atoms with Crippen molar-refractivity contribution in [3.63, 3.8) is 0 Å². The number of imidazole rings is 1. The van der Waals surface area contributed by atoms with Crippen LogP contribution in [0.3, 0.4) is 0 Å². The van der Waals surface area contributed by atoms with Gasteiger partial charge in [-0.2, -0.15) is 0 Å². The van der Waals surface area contributed by atoms with Crippen LogP contribution in [0.25, 0.3) is 22.1 Å². The van der Waals surface area contributed by atoms with Crippen LogP contribution in [0.15, 0.2) is 60.0 Å². The molecule has 5 rings (SSSR count). The van der Waals surface area contributed by atoms with Crippen LogP contribution < -0.4 is 0 Å². The summed E-state index contributed by atoms with van der Waals surface area (Å²) in [6, 6.07) is 10.1. The lowest BCUT2D eigenvalue weighted by Crippen LogP contribution is -2.43. The monoisotopic (exact) mass is 423 g/mol. The number of fused-ring (bicyclic) bond motifs is 3. The standard InChI is InChI=1S/C21H21N5O3S/c27-19(13-30(28,29)16-6-2-1-3-7-16)25-10-4-5-15(12-25)26-14-24-18-11-23-21-17(20(18)26)8-9-22-21/h1-3,6-9,11,14-15H,4-5,10,12-13H2,(H,22,23)/t15-/m1/s1. The third kappa shape index (κ3) is 3.24. The highest BCUT2D eigenvalue weighted by Gasteiger charge is 2.29. The highest BCUT2D eigenvalue weighted by molar-refractivity contribution is 7.92. The minimum Gasteiger partial charge on any atom is -0.346 e. The Balaban J connectivity index is 1.40. The number of aromatic nitrogens is 4. The molecule has 0 aliphatic carbocycles. The van der Waals surface area contributed by atoms with Crippen LogP contribution in [-0.2, 0) is 14.6 Å². The summed E-state index contributed by atoms with van der Waals surface area (Å²) < 4.78 is 27.3. The Morgan fingerprint density at radius 2 is 2.00 bits per heavy atom. The van der Waals surface area contributed by atoms with Gasteiger partial charge in [0.15, 0.2) is 9.84 Å². The van der Waals surface area contributed by atoms with Crippen LogP contribution >= 0.6 is 0 Å². The topological polar surface area (TPSA) is 101 Å². The zero-order valence-electron chi connectivity index (χ0n) is 16.2. The van der Waals surface area contributed by atoms with Crippen molar-refractivity contribution in [3.8, 4) is 0 Å². The van der Waals surface area contributed by atoms with Gasteiger partial charge in [-0.05, 0) is 31.0 Å². The normalized spacial score (nSPS) is 17.6. The molecule has 0 radical (unpaired) electrons. The van der Waals surface area contributed by atoms with Gasteiger partial charge in [-0.25, -0.2) is 18.4 Å². The molecule has 1 aliphatic heterocycles. The zero-order valence-corrected chi connectivity index (χ0v) is 17.0. The third-order valence-electron chi connectivity index (χ3n) is 5.68. The van der Waals surface area contributed by atoms with Gasteiger partial charge in [0.25, 0.3) is 0 Å². The molecule has 1 saturated heterocycles. The first kappa shape index (κ1) is 18.8. The van der Waals surface area contributed by atoms with E-state index in [0.717, 1.165) is 34.9 Å². The molecule has 0 saturated carbocycles. The van der Waals surface area contributed by atoms with Gasteiger partial charge in [-0.15, -0.1) is 0 Å². The van der Waals surface area contributed by atoms with Gasteiger partial charge in [-0.1, -0.05) is 18.2 Å². The molecule has 1 aliphatic rings. The average Bonchev–Trinajstić information content (AvgIpc) is 3.40. The number of hydrogen-bond donors (Lipinski definition) is 1. The van der Waals surface area contributed by atoms with Crippen LogP contribution in [0.1, 0.15) is 18.9 Å². The fourth-order valence-electron chi connectivity index (χ4n) is 4.18. The number of likely N-dealkylation sites (tertiary alicyclic amines) is 1. The molecule has 1 atom stereocenters. The average molecular weight is 423 g/mol. The van der Waals surface area contributed by atoms with Gasteiger partial charge in [0.2, 0.25) is 5.91 Å². The van der Waals surface area contributed by atoms with E-state index >= 15 is 0 Å². The van der Waals surface area contributed by atoms with Crippen molar-refractivity contribution in [2.75, 3.05) is 18.8 Å². The van der Waals surface area contributed by atoms with Crippen LogP contribution in [0.4, 0.5) is 0 Å². The minimum absolute atomic E-state index is 0.0348. The summed E-state index contributed by atoms with van der Waals surface area (Å²) in [6.07, 6.45) is 7.08.